The highest BCUT2D eigenvalue weighted by molar-refractivity contribution is 5.92. The number of nitrogens with zero attached hydrogens (tertiary/aromatic N) is 3. The van der Waals surface area contributed by atoms with Crippen LogP contribution in [0.15, 0.2) is 59.4 Å². The van der Waals surface area contributed by atoms with Gasteiger partial charge >= 0.3 is 0 Å². The Balaban J connectivity index is 1.74. The van der Waals surface area contributed by atoms with Crippen LogP contribution in [0.4, 0.5) is 5.69 Å². The lowest BCUT2D eigenvalue weighted by molar-refractivity contribution is -0.116. The van der Waals surface area contributed by atoms with Crippen molar-refractivity contribution in [3.05, 3.63) is 70.6 Å². The Hall–Kier alpha value is -3.61. The molecule has 0 unspecified atom stereocenters. The van der Waals surface area contributed by atoms with Crippen LogP contribution in [0.5, 0.6) is 5.75 Å². The summed E-state index contributed by atoms with van der Waals surface area (Å²) in [7, 11) is 0. The fourth-order valence-corrected chi connectivity index (χ4v) is 3.28. The summed E-state index contributed by atoms with van der Waals surface area (Å²) in [5.74, 6) is 0.278. The second kappa shape index (κ2) is 7.19. The topological polar surface area (TPSA) is 77.6 Å². The Morgan fingerprint density at radius 2 is 1.89 bits per heavy atom. The van der Waals surface area contributed by atoms with Crippen molar-refractivity contribution in [3.8, 4) is 5.75 Å². The van der Waals surface area contributed by atoms with Gasteiger partial charge in [-0.05, 0) is 38.1 Å². The molecule has 4 aromatic rings. The van der Waals surface area contributed by atoms with Crippen molar-refractivity contribution in [2.75, 3.05) is 11.9 Å². The van der Waals surface area contributed by atoms with Gasteiger partial charge in [-0.3, -0.25) is 14.2 Å². The highest BCUT2D eigenvalue weighted by Crippen LogP contribution is 2.23. The van der Waals surface area contributed by atoms with Gasteiger partial charge < -0.3 is 10.1 Å². The summed E-state index contributed by atoms with van der Waals surface area (Å²) in [6, 6.07) is 16.3. The van der Waals surface area contributed by atoms with Gasteiger partial charge in [0.15, 0.2) is 0 Å². The third-order valence-electron chi connectivity index (χ3n) is 4.46. The predicted octanol–water partition coefficient (Wildman–Crippen LogP) is 3.00. The van der Waals surface area contributed by atoms with Crippen molar-refractivity contribution in [1.82, 2.24) is 14.2 Å². The summed E-state index contributed by atoms with van der Waals surface area (Å²) < 4.78 is 8.69. The van der Waals surface area contributed by atoms with E-state index in [4.69, 9.17) is 4.74 Å². The molecule has 2 heterocycles. The largest absolute Gasteiger partial charge is 0.492 e. The molecule has 0 radical (unpaired) electrons. The number of ether oxygens (including phenoxy) is 1. The first-order chi connectivity index (χ1) is 13.6. The number of carbonyl (C=O) groups is 1. The molecule has 7 nitrogen and oxygen atoms in total. The van der Waals surface area contributed by atoms with Crippen LogP contribution in [0.1, 0.15) is 12.6 Å². The van der Waals surface area contributed by atoms with Crippen LogP contribution in [-0.2, 0) is 11.3 Å². The number of carbonyl (C=O) groups excluding carboxylic acids is 1. The Kier molecular flexibility index (Phi) is 4.57. The molecule has 0 atom stereocenters. The molecule has 2 aromatic heterocycles. The van der Waals surface area contributed by atoms with E-state index in [9.17, 15) is 9.59 Å². The van der Waals surface area contributed by atoms with E-state index in [2.05, 4.69) is 10.4 Å². The van der Waals surface area contributed by atoms with E-state index in [1.165, 1.54) is 4.57 Å². The number of rotatable bonds is 5. The molecule has 7 heteroatoms. The van der Waals surface area contributed by atoms with E-state index >= 15 is 0 Å². The fraction of sp³-hybridized carbons (Fsp3) is 0.190. The molecule has 2 aromatic carbocycles. The number of hydrogen-bond acceptors (Lipinski definition) is 4. The van der Waals surface area contributed by atoms with Crippen molar-refractivity contribution in [2.45, 2.75) is 20.4 Å². The zero-order valence-electron chi connectivity index (χ0n) is 15.7. The van der Waals surface area contributed by atoms with Gasteiger partial charge in [0.25, 0.3) is 5.56 Å². The molecule has 4 rings (SSSR count). The number of nitrogens with one attached hydrogen (secondary N) is 1. The minimum Gasteiger partial charge on any atom is -0.492 e. The van der Waals surface area contributed by atoms with Crippen molar-refractivity contribution in [2.24, 2.45) is 0 Å². The first-order valence-corrected chi connectivity index (χ1v) is 9.08. The molecular formula is C21H20N4O3. The van der Waals surface area contributed by atoms with Crippen LogP contribution in [0.3, 0.4) is 0 Å². The molecular weight excluding hydrogens is 356 g/mol. The number of aryl methyl sites for hydroxylation is 1. The van der Waals surface area contributed by atoms with Crippen molar-refractivity contribution in [3.63, 3.8) is 0 Å². The van der Waals surface area contributed by atoms with Crippen LogP contribution >= 0.6 is 0 Å². The van der Waals surface area contributed by atoms with Crippen molar-refractivity contribution >= 4 is 28.1 Å². The van der Waals surface area contributed by atoms with Gasteiger partial charge in [0.2, 0.25) is 5.91 Å². The molecule has 28 heavy (non-hydrogen) atoms. The number of benzene rings is 2. The number of fused-ring (bicyclic) bond motifs is 3. The molecule has 0 aliphatic heterocycles. The van der Waals surface area contributed by atoms with Crippen molar-refractivity contribution in [1.29, 1.82) is 0 Å². The monoisotopic (exact) mass is 376 g/mol. The molecule has 0 aliphatic carbocycles. The molecule has 1 amide bonds. The van der Waals surface area contributed by atoms with E-state index in [1.807, 2.05) is 38.1 Å². The number of amides is 1. The number of para-hydroxylation sites is 3. The number of aromatic nitrogens is 3. The van der Waals surface area contributed by atoms with E-state index in [0.717, 1.165) is 5.69 Å². The standard InChI is InChI=1S/C21H20N4O3/c1-3-28-18-11-7-5-9-16(18)22-19(26)13-24-20-12-14(2)23-25(20)17-10-6-4-8-15(17)21(24)27/h4-12H,3,13H2,1-2H3,(H,22,26). The first kappa shape index (κ1) is 17.8. The van der Waals surface area contributed by atoms with Gasteiger partial charge in [0.1, 0.15) is 17.9 Å². The molecule has 0 saturated heterocycles. The van der Waals surface area contributed by atoms with Gasteiger partial charge in [0.05, 0.1) is 28.9 Å². The van der Waals surface area contributed by atoms with Crippen LogP contribution < -0.4 is 15.6 Å². The third-order valence-corrected chi connectivity index (χ3v) is 4.46. The Morgan fingerprint density at radius 1 is 1.14 bits per heavy atom. The maximum absolute atomic E-state index is 13.0. The average molecular weight is 376 g/mol. The molecule has 0 saturated carbocycles. The van der Waals surface area contributed by atoms with E-state index in [-0.39, 0.29) is 18.0 Å². The van der Waals surface area contributed by atoms with Gasteiger partial charge in [0, 0.05) is 6.07 Å². The Bertz CT molecular complexity index is 1240. The molecule has 1 N–H and O–H groups in total. The van der Waals surface area contributed by atoms with Gasteiger partial charge in [-0.2, -0.15) is 5.10 Å². The van der Waals surface area contributed by atoms with Gasteiger partial charge in [-0.15, -0.1) is 0 Å². The second-order valence-electron chi connectivity index (χ2n) is 6.44. The lowest BCUT2D eigenvalue weighted by Gasteiger charge is -2.13. The summed E-state index contributed by atoms with van der Waals surface area (Å²) in [6.07, 6.45) is 0. The van der Waals surface area contributed by atoms with Crippen LogP contribution in [0.25, 0.3) is 16.6 Å². The predicted molar refractivity (Wildman–Crippen MR) is 108 cm³/mol. The summed E-state index contributed by atoms with van der Waals surface area (Å²) in [6.45, 7) is 4.10. The lowest BCUT2D eigenvalue weighted by Crippen LogP contribution is -2.29. The minimum absolute atomic E-state index is 0.126. The lowest BCUT2D eigenvalue weighted by atomic mass is 10.2. The average Bonchev–Trinajstić information content (AvgIpc) is 3.08. The maximum Gasteiger partial charge on any atom is 0.262 e. The fourth-order valence-electron chi connectivity index (χ4n) is 3.28. The highest BCUT2D eigenvalue weighted by atomic mass is 16.5. The molecule has 0 spiro atoms. The van der Waals surface area contributed by atoms with Gasteiger partial charge in [-0.25, -0.2) is 4.52 Å². The third kappa shape index (κ3) is 3.11. The van der Waals surface area contributed by atoms with Crippen LogP contribution in [0.2, 0.25) is 0 Å². The number of anilines is 1. The van der Waals surface area contributed by atoms with E-state index < -0.39 is 0 Å². The van der Waals surface area contributed by atoms with E-state index in [1.54, 1.807) is 34.8 Å². The summed E-state index contributed by atoms with van der Waals surface area (Å²) in [5, 5.41) is 7.83. The molecule has 142 valence electrons. The molecule has 0 fully saturated rings. The van der Waals surface area contributed by atoms with Gasteiger partial charge in [-0.1, -0.05) is 24.3 Å². The number of hydrogen-bond donors (Lipinski definition) is 1. The van der Waals surface area contributed by atoms with Crippen LogP contribution in [0, 0.1) is 6.92 Å². The normalized spacial score (nSPS) is 11.1. The minimum atomic E-state index is -0.315. The molecule has 0 aliphatic rings. The SMILES string of the molecule is CCOc1ccccc1NC(=O)Cn1c(=O)c2ccccc2n2nc(C)cc12. The highest BCUT2D eigenvalue weighted by Gasteiger charge is 2.16. The van der Waals surface area contributed by atoms with E-state index in [0.29, 0.717) is 34.6 Å². The maximum atomic E-state index is 13.0. The Morgan fingerprint density at radius 3 is 2.71 bits per heavy atom. The first-order valence-electron chi connectivity index (χ1n) is 9.08. The zero-order chi connectivity index (χ0) is 19.7. The van der Waals surface area contributed by atoms with Crippen LogP contribution in [-0.4, -0.2) is 26.7 Å². The Labute approximate surface area is 161 Å². The second-order valence-corrected chi connectivity index (χ2v) is 6.44. The van der Waals surface area contributed by atoms with Crippen molar-refractivity contribution < 1.29 is 9.53 Å². The smallest absolute Gasteiger partial charge is 0.262 e. The molecule has 0 bridgehead atoms. The summed E-state index contributed by atoms with van der Waals surface area (Å²) in [4.78, 5) is 25.7. The summed E-state index contributed by atoms with van der Waals surface area (Å²) in [5.41, 5.74) is 2.41. The summed E-state index contributed by atoms with van der Waals surface area (Å²) >= 11 is 0. The quantitative estimate of drug-likeness (QED) is 0.581. The zero-order valence-corrected chi connectivity index (χ0v) is 15.7.